The second-order valence-electron chi connectivity index (χ2n) is 9.17. The SMILES string of the molecule is Cc1cnc(C(C)(CC2CC2)NC(=O)c2cc(O[C@@H](C)C(F)(F)F)c(C3(F)COC3)cn2)[nH]1. The van der Waals surface area contributed by atoms with Crippen LogP contribution in [0.4, 0.5) is 17.6 Å². The van der Waals surface area contributed by atoms with Crippen molar-refractivity contribution in [3.8, 4) is 5.75 Å². The molecule has 180 valence electrons. The van der Waals surface area contributed by atoms with Gasteiger partial charge in [-0.15, -0.1) is 0 Å². The molecule has 2 fully saturated rings. The predicted octanol–water partition coefficient (Wildman–Crippen LogP) is 4.08. The van der Waals surface area contributed by atoms with Crippen molar-refractivity contribution in [3.05, 3.63) is 41.2 Å². The molecule has 1 saturated carbocycles. The van der Waals surface area contributed by atoms with Gasteiger partial charge in [0.2, 0.25) is 0 Å². The minimum absolute atomic E-state index is 0.177. The molecule has 0 aromatic carbocycles. The topological polar surface area (TPSA) is 89.1 Å². The van der Waals surface area contributed by atoms with Crippen molar-refractivity contribution in [1.82, 2.24) is 20.3 Å². The molecule has 2 aromatic heterocycles. The van der Waals surface area contributed by atoms with E-state index in [1.165, 1.54) is 0 Å². The maximum Gasteiger partial charge on any atom is 0.425 e. The number of pyridine rings is 1. The number of alkyl halides is 4. The maximum absolute atomic E-state index is 15.0. The Hall–Kier alpha value is -2.69. The molecular formula is C22H26F4N4O3. The fourth-order valence-corrected chi connectivity index (χ4v) is 3.80. The summed E-state index contributed by atoms with van der Waals surface area (Å²) >= 11 is 0. The summed E-state index contributed by atoms with van der Waals surface area (Å²) in [5, 5.41) is 2.92. The van der Waals surface area contributed by atoms with E-state index >= 15 is 0 Å². The van der Waals surface area contributed by atoms with Crippen molar-refractivity contribution < 1.29 is 31.8 Å². The van der Waals surface area contributed by atoms with Crippen molar-refractivity contribution in [2.45, 2.75) is 63.5 Å². The lowest BCUT2D eigenvalue weighted by molar-refractivity contribution is -0.190. The van der Waals surface area contributed by atoms with E-state index < -0.39 is 29.4 Å². The number of hydrogen-bond acceptors (Lipinski definition) is 5. The molecular weight excluding hydrogens is 444 g/mol. The van der Waals surface area contributed by atoms with Crippen LogP contribution in [0, 0.1) is 12.8 Å². The molecule has 3 heterocycles. The number of aryl methyl sites for hydroxylation is 1. The van der Waals surface area contributed by atoms with Crippen LogP contribution in [0.5, 0.6) is 5.75 Å². The third-order valence-electron chi connectivity index (χ3n) is 6.02. The van der Waals surface area contributed by atoms with Crippen molar-refractivity contribution >= 4 is 5.91 Å². The lowest BCUT2D eigenvalue weighted by Gasteiger charge is -2.35. The van der Waals surface area contributed by atoms with Gasteiger partial charge < -0.3 is 19.8 Å². The minimum Gasteiger partial charge on any atom is -0.481 e. The Morgan fingerprint density at radius 2 is 2.03 bits per heavy atom. The molecule has 4 rings (SSSR count). The average molecular weight is 470 g/mol. The summed E-state index contributed by atoms with van der Waals surface area (Å²) in [5.41, 5.74) is -2.39. The number of carbonyl (C=O) groups is 1. The standard InChI is InChI=1S/C22H26F4N4O3/c1-12-8-28-19(29-12)20(3,7-14-4-5-14)30-18(31)16-6-17(33-13(2)22(24,25)26)15(9-27-16)21(23)10-32-11-21/h6,8-9,13-14H,4-5,7,10-11H2,1-3H3,(H,28,29)(H,30,31)/t13-,20?/m0/s1. The highest BCUT2D eigenvalue weighted by Crippen LogP contribution is 2.42. The molecule has 0 spiro atoms. The fraction of sp³-hybridized carbons (Fsp3) is 0.591. The van der Waals surface area contributed by atoms with Crippen molar-refractivity contribution in [3.63, 3.8) is 0 Å². The lowest BCUT2D eigenvalue weighted by Crippen LogP contribution is -2.45. The number of amides is 1. The van der Waals surface area contributed by atoms with Crippen molar-refractivity contribution in [1.29, 1.82) is 0 Å². The summed E-state index contributed by atoms with van der Waals surface area (Å²) in [6, 6.07) is 1.05. The first-order valence-corrected chi connectivity index (χ1v) is 10.7. The first-order valence-electron chi connectivity index (χ1n) is 10.7. The molecule has 1 amide bonds. The van der Waals surface area contributed by atoms with Crippen LogP contribution in [-0.2, 0) is 15.9 Å². The molecule has 2 aromatic rings. The van der Waals surface area contributed by atoms with Crippen LogP contribution in [0.1, 0.15) is 60.7 Å². The summed E-state index contributed by atoms with van der Waals surface area (Å²) in [4.78, 5) is 24.7. The number of rotatable bonds is 8. The largest absolute Gasteiger partial charge is 0.481 e. The van der Waals surface area contributed by atoms with Gasteiger partial charge in [-0.25, -0.2) is 9.37 Å². The highest BCUT2D eigenvalue weighted by Gasteiger charge is 2.46. The van der Waals surface area contributed by atoms with Gasteiger partial charge in [0.25, 0.3) is 5.91 Å². The Balaban J connectivity index is 1.63. The molecule has 33 heavy (non-hydrogen) atoms. The van der Waals surface area contributed by atoms with Crippen LogP contribution >= 0.6 is 0 Å². The number of nitrogens with one attached hydrogen (secondary N) is 2. The van der Waals surface area contributed by atoms with E-state index in [2.05, 4.69) is 20.3 Å². The van der Waals surface area contributed by atoms with Gasteiger partial charge >= 0.3 is 6.18 Å². The first-order chi connectivity index (χ1) is 15.4. The molecule has 1 aliphatic heterocycles. The van der Waals surface area contributed by atoms with E-state index in [9.17, 15) is 22.4 Å². The highest BCUT2D eigenvalue weighted by molar-refractivity contribution is 5.93. The summed E-state index contributed by atoms with van der Waals surface area (Å²) in [6.45, 7) is 3.85. The smallest absolute Gasteiger partial charge is 0.425 e. The van der Waals surface area contributed by atoms with Crippen LogP contribution in [-0.4, -0.2) is 46.4 Å². The maximum atomic E-state index is 15.0. The second kappa shape index (κ2) is 8.27. The molecule has 2 aliphatic rings. The lowest BCUT2D eigenvalue weighted by atomic mass is 9.92. The minimum atomic E-state index is -4.66. The monoisotopic (exact) mass is 470 g/mol. The zero-order chi connectivity index (χ0) is 24.0. The van der Waals surface area contributed by atoms with Crippen molar-refractivity contribution in [2.24, 2.45) is 5.92 Å². The van der Waals surface area contributed by atoms with Crippen LogP contribution in [0.25, 0.3) is 0 Å². The summed E-state index contributed by atoms with van der Waals surface area (Å²) in [5.74, 6) is 0.00509. The Morgan fingerprint density at radius 3 is 2.55 bits per heavy atom. The van der Waals surface area contributed by atoms with E-state index in [4.69, 9.17) is 9.47 Å². The van der Waals surface area contributed by atoms with Crippen LogP contribution in [0.15, 0.2) is 18.5 Å². The zero-order valence-electron chi connectivity index (χ0n) is 18.6. The first kappa shape index (κ1) is 23.5. The van der Waals surface area contributed by atoms with Gasteiger partial charge in [0, 0.05) is 24.2 Å². The molecule has 1 saturated heterocycles. The second-order valence-corrected chi connectivity index (χ2v) is 9.17. The zero-order valence-corrected chi connectivity index (χ0v) is 18.6. The van der Waals surface area contributed by atoms with Gasteiger partial charge in [-0.2, -0.15) is 13.2 Å². The predicted molar refractivity (Wildman–Crippen MR) is 109 cm³/mol. The summed E-state index contributed by atoms with van der Waals surface area (Å²) < 4.78 is 64.3. The van der Waals surface area contributed by atoms with Crippen LogP contribution < -0.4 is 10.1 Å². The Morgan fingerprint density at radius 1 is 1.33 bits per heavy atom. The number of ether oxygens (including phenoxy) is 2. The van der Waals surface area contributed by atoms with Crippen molar-refractivity contribution in [2.75, 3.05) is 13.2 Å². The number of imidazole rings is 1. The Bertz CT molecular complexity index is 1030. The summed E-state index contributed by atoms with van der Waals surface area (Å²) in [6.07, 6.45) is -1.43. The molecule has 0 radical (unpaired) electrons. The molecule has 1 aliphatic carbocycles. The molecule has 7 nitrogen and oxygen atoms in total. The molecule has 1 unspecified atom stereocenters. The van der Waals surface area contributed by atoms with Gasteiger partial charge in [0.05, 0.1) is 24.3 Å². The van der Waals surface area contributed by atoms with Crippen LogP contribution in [0.3, 0.4) is 0 Å². The van der Waals surface area contributed by atoms with Gasteiger partial charge in [-0.05, 0) is 33.1 Å². The Kier molecular flexibility index (Phi) is 5.88. The number of H-pyrrole nitrogens is 1. The van der Waals surface area contributed by atoms with Crippen LogP contribution in [0.2, 0.25) is 0 Å². The molecule has 11 heteroatoms. The average Bonchev–Trinajstić information content (AvgIpc) is 3.40. The van der Waals surface area contributed by atoms with E-state index in [0.29, 0.717) is 18.2 Å². The number of hydrogen-bond donors (Lipinski definition) is 2. The van der Waals surface area contributed by atoms with E-state index in [-0.39, 0.29) is 30.2 Å². The number of aromatic nitrogens is 3. The van der Waals surface area contributed by atoms with E-state index in [1.807, 2.05) is 13.8 Å². The number of nitrogens with zero attached hydrogens (tertiary/aromatic N) is 2. The van der Waals surface area contributed by atoms with E-state index in [0.717, 1.165) is 37.7 Å². The van der Waals surface area contributed by atoms with E-state index in [1.54, 1.807) is 6.20 Å². The third kappa shape index (κ3) is 4.97. The van der Waals surface area contributed by atoms with Gasteiger partial charge in [-0.3, -0.25) is 9.78 Å². The third-order valence-corrected chi connectivity index (χ3v) is 6.02. The van der Waals surface area contributed by atoms with Gasteiger partial charge in [-0.1, -0.05) is 12.8 Å². The highest BCUT2D eigenvalue weighted by atomic mass is 19.4. The quantitative estimate of drug-likeness (QED) is 0.568. The number of carbonyl (C=O) groups excluding carboxylic acids is 1. The van der Waals surface area contributed by atoms with Gasteiger partial charge in [0.15, 0.2) is 11.8 Å². The number of aromatic amines is 1. The number of halogens is 4. The Labute approximate surface area is 188 Å². The fourth-order valence-electron chi connectivity index (χ4n) is 3.80. The normalized spacial score (nSPS) is 20.5. The summed E-state index contributed by atoms with van der Waals surface area (Å²) in [7, 11) is 0. The van der Waals surface area contributed by atoms with Gasteiger partial charge in [0.1, 0.15) is 17.3 Å². The molecule has 2 N–H and O–H groups in total. The molecule has 0 bridgehead atoms. The molecule has 2 atom stereocenters.